The van der Waals surface area contributed by atoms with E-state index in [2.05, 4.69) is 46.8 Å². The quantitative estimate of drug-likeness (QED) is 0.482. The van der Waals surface area contributed by atoms with Crippen LogP contribution in [0.15, 0.2) is 0 Å². The van der Waals surface area contributed by atoms with Gasteiger partial charge in [0, 0.05) is 0 Å². The van der Waals surface area contributed by atoms with Crippen molar-refractivity contribution in [2.75, 3.05) is 13.6 Å². The first-order valence-electron chi connectivity index (χ1n) is 6.76. The zero-order valence-corrected chi connectivity index (χ0v) is 12.7. The summed E-state index contributed by atoms with van der Waals surface area (Å²) in [6.45, 7) is 3.58. The minimum atomic E-state index is 0.633. The smallest absolute Gasteiger partial charge is 0.0641 e. The van der Waals surface area contributed by atoms with E-state index < -0.39 is 0 Å². The third-order valence-corrected chi connectivity index (χ3v) is 5.76. The first kappa shape index (κ1) is 13.1. The van der Waals surface area contributed by atoms with E-state index in [0.29, 0.717) is 6.17 Å². The van der Waals surface area contributed by atoms with Gasteiger partial charge in [-0.25, -0.2) is 0 Å². The molecule has 2 rings (SSSR count). The highest BCUT2D eigenvalue weighted by atomic mass is 127. The van der Waals surface area contributed by atoms with Crippen LogP contribution < -0.4 is 5.32 Å². The Labute approximate surface area is 114 Å². The van der Waals surface area contributed by atoms with Crippen LogP contribution in [0.3, 0.4) is 0 Å². The van der Waals surface area contributed by atoms with Gasteiger partial charge in [-0.2, -0.15) is 0 Å². The van der Waals surface area contributed by atoms with Crippen molar-refractivity contribution in [2.24, 2.45) is 11.8 Å². The zero-order chi connectivity index (χ0) is 11.5. The van der Waals surface area contributed by atoms with Gasteiger partial charge in [0.05, 0.1) is 10.2 Å². The molecule has 2 nitrogen and oxygen atoms in total. The summed E-state index contributed by atoms with van der Waals surface area (Å²) >= 11 is 2.57. The summed E-state index contributed by atoms with van der Waals surface area (Å²) in [5.41, 5.74) is 0. The topological polar surface area (TPSA) is 15.3 Å². The number of nitrogens with one attached hydrogen (secondary N) is 1. The Morgan fingerprint density at radius 1 is 1.31 bits per heavy atom. The summed E-state index contributed by atoms with van der Waals surface area (Å²) in [5, 5.41) is 3.64. The minimum Gasteiger partial charge on any atom is -0.302 e. The monoisotopic (exact) mass is 336 g/mol. The van der Waals surface area contributed by atoms with Gasteiger partial charge in [-0.05, 0) is 51.1 Å². The Morgan fingerprint density at radius 3 is 2.75 bits per heavy atom. The largest absolute Gasteiger partial charge is 0.302 e. The summed E-state index contributed by atoms with van der Waals surface area (Å²) in [4.78, 5) is 2.51. The van der Waals surface area contributed by atoms with Gasteiger partial charge >= 0.3 is 0 Å². The maximum Gasteiger partial charge on any atom is 0.0641 e. The molecule has 1 aliphatic heterocycles. The lowest BCUT2D eigenvalue weighted by molar-refractivity contribution is 0.134. The normalized spacial score (nSPS) is 40.7. The summed E-state index contributed by atoms with van der Waals surface area (Å²) in [6, 6.07) is 0. The predicted molar refractivity (Wildman–Crippen MR) is 77.7 cm³/mol. The summed E-state index contributed by atoms with van der Waals surface area (Å²) in [5.74, 6) is 2.07. The highest BCUT2D eigenvalue weighted by molar-refractivity contribution is 14.1. The minimum absolute atomic E-state index is 0.633. The SMILES string of the molecule is CC1CC(CCCC2NCCC(I)N2C)C1. The number of hydrogen-bond acceptors (Lipinski definition) is 2. The molecule has 0 aromatic carbocycles. The molecule has 1 saturated carbocycles. The highest BCUT2D eigenvalue weighted by Gasteiger charge is 2.27. The first-order valence-corrected chi connectivity index (χ1v) is 8.00. The van der Waals surface area contributed by atoms with E-state index in [9.17, 15) is 0 Å². The third kappa shape index (κ3) is 3.33. The van der Waals surface area contributed by atoms with E-state index in [1.165, 1.54) is 45.1 Å². The van der Waals surface area contributed by atoms with Gasteiger partial charge in [-0.1, -0.05) is 42.4 Å². The van der Waals surface area contributed by atoms with Crippen molar-refractivity contribution in [3.63, 3.8) is 0 Å². The van der Waals surface area contributed by atoms with E-state index >= 15 is 0 Å². The second-order valence-corrected chi connectivity index (χ2v) is 7.17. The maximum atomic E-state index is 3.64. The number of halogens is 1. The van der Waals surface area contributed by atoms with E-state index in [1.807, 2.05) is 0 Å². The van der Waals surface area contributed by atoms with E-state index in [4.69, 9.17) is 0 Å². The van der Waals surface area contributed by atoms with Gasteiger partial charge in [0.1, 0.15) is 0 Å². The fourth-order valence-electron chi connectivity index (χ4n) is 3.12. The standard InChI is InChI=1S/C13H25IN2/c1-10-8-11(9-10)4-3-5-13-15-7-6-12(14)16(13)2/h10-13,15H,3-9H2,1-2H3. The van der Waals surface area contributed by atoms with Gasteiger partial charge in [-0.3, -0.25) is 4.90 Å². The highest BCUT2D eigenvalue weighted by Crippen LogP contribution is 2.36. The van der Waals surface area contributed by atoms with Gasteiger partial charge in [-0.15, -0.1) is 0 Å². The lowest BCUT2D eigenvalue weighted by Gasteiger charge is -2.38. The lowest BCUT2D eigenvalue weighted by Crippen LogP contribution is -2.52. The molecule has 1 heterocycles. The molecule has 1 N–H and O–H groups in total. The molecule has 2 atom stereocenters. The molecule has 0 aromatic rings. The predicted octanol–water partition coefficient (Wildman–Crippen LogP) is 3.22. The van der Waals surface area contributed by atoms with E-state index in [-0.39, 0.29) is 0 Å². The fourth-order valence-corrected chi connectivity index (χ4v) is 3.82. The summed E-state index contributed by atoms with van der Waals surface area (Å²) in [7, 11) is 2.26. The Balaban J connectivity index is 1.61. The van der Waals surface area contributed by atoms with Gasteiger partial charge in [0.2, 0.25) is 0 Å². The van der Waals surface area contributed by atoms with Crippen molar-refractivity contribution >= 4 is 22.6 Å². The van der Waals surface area contributed by atoms with Crippen molar-refractivity contribution < 1.29 is 0 Å². The molecular formula is C13H25IN2. The molecule has 94 valence electrons. The Morgan fingerprint density at radius 2 is 2.06 bits per heavy atom. The second kappa shape index (κ2) is 6.01. The molecule has 16 heavy (non-hydrogen) atoms. The average molecular weight is 336 g/mol. The average Bonchev–Trinajstić information content (AvgIpc) is 2.21. The molecule has 0 bridgehead atoms. The van der Waals surface area contributed by atoms with Crippen LogP contribution >= 0.6 is 22.6 Å². The fraction of sp³-hybridized carbons (Fsp3) is 1.00. The van der Waals surface area contributed by atoms with Crippen LogP contribution in [0, 0.1) is 11.8 Å². The van der Waals surface area contributed by atoms with Crippen molar-refractivity contribution in [3.8, 4) is 0 Å². The summed E-state index contributed by atoms with van der Waals surface area (Å²) < 4.78 is 0.729. The molecule has 1 saturated heterocycles. The van der Waals surface area contributed by atoms with Crippen LogP contribution in [0.4, 0.5) is 0 Å². The molecule has 0 spiro atoms. The van der Waals surface area contributed by atoms with Crippen LogP contribution in [0.2, 0.25) is 0 Å². The van der Waals surface area contributed by atoms with Gasteiger partial charge in [0.25, 0.3) is 0 Å². The molecule has 0 radical (unpaired) electrons. The van der Waals surface area contributed by atoms with Crippen LogP contribution in [0.1, 0.15) is 45.4 Å². The van der Waals surface area contributed by atoms with Gasteiger partial charge < -0.3 is 5.32 Å². The Kier molecular flexibility index (Phi) is 4.91. The van der Waals surface area contributed by atoms with Crippen LogP contribution in [0.25, 0.3) is 0 Å². The number of nitrogens with zero attached hydrogens (tertiary/aromatic N) is 1. The van der Waals surface area contributed by atoms with Crippen molar-refractivity contribution in [3.05, 3.63) is 0 Å². The molecule has 2 aliphatic rings. The van der Waals surface area contributed by atoms with Crippen molar-refractivity contribution in [1.29, 1.82) is 0 Å². The van der Waals surface area contributed by atoms with Crippen molar-refractivity contribution in [2.45, 2.75) is 55.7 Å². The number of hydrogen-bond donors (Lipinski definition) is 1. The molecule has 3 heteroatoms. The number of rotatable bonds is 4. The Hall–Kier alpha value is 0.650. The molecule has 0 amide bonds. The second-order valence-electron chi connectivity index (χ2n) is 5.73. The number of alkyl halides is 1. The third-order valence-electron chi connectivity index (χ3n) is 4.26. The zero-order valence-electron chi connectivity index (χ0n) is 10.6. The van der Waals surface area contributed by atoms with Crippen LogP contribution in [-0.2, 0) is 0 Å². The van der Waals surface area contributed by atoms with Crippen LogP contribution in [-0.4, -0.2) is 28.7 Å². The molecule has 2 unspecified atom stereocenters. The maximum absolute atomic E-state index is 3.64. The van der Waals surface area contributed by atoms with E-state index in [1.54, 1.807) is 0 Å². The molecule has 0 aromatic heterocycles. The van der Waals surface area contributed by atoms with Gasteiger partial charge in [0.15, 0.2) is 0 Å². The Bertz CT molecular complexity index is 216. The summed E-state index contributed by atoms with van der Waals surface area (Å²) in [6.07, 6.45) is 9.10. The molecule has 1 aliphatic carbocycles. The first-order chi connectivity index (χ1) is 7.66. The molecule has 2 fully saturated rings. The van der Waals surface area contributed by atoms with Crippen LogP contribution in [0.5, 0.6) is 0 Å². The lowest BCUT2D eigenvalue weighted by atomic mass is 9.74. The molecular weight excluding hydrogens is 311 g/mol. The van der Waals surface area contributed by atoms with Crippen molar-refractivity contribution in [1.82, 2.24) is 10.2 Å². The van der Waals surface area contributed by atoms with E-state index in [0.717, 1.165) is 15.9 Å².